The number of hydrogen-bond acceptors (Lipinski definition) is 0. The minimum Gasteiger partial charge on any atom is -0.102 e. The predicted molar refractivity (Wildman–Crippen MR) is 63.7 cm³/mol. The summed E-state index contributed by atoms with van der Waals surface area (Å²) in [7, 11) is 0. The first-order chi connectivity index (χ1) is 6.69. The van der Waals surface area contributed by atoms with E-state index in [1.54, 1.807) is 0 Å². The fourth-order valence-electron chi connectivity index (χ4n) is 1.51. The zero-order valence-corrected chi connectivity index (χ0v) is 9.25. The maximum absolute atomic E-state index is 3.86. The molecular weight excluding hydrogens is 168 g/mol. The lowest BCUT2D eigenvalue weighted by atomic mass is 9.95. The number of aryl methyl sites for hydroxylation is 2. The van der Waals surface area contributed by atoms with Crippen molar-refractivity contribution in [1.29, 1.82) is 0 Å². The standard InChI is InChI=1S/C14H18/c1-5-7-13(6-2)14-9-8-11(3)12(4)10-14/h5-10,13H,2H2,1,3-4H3. The summed E-state index contributed by atoms with van der Waals surface area (Å²) in [5.74, 6) is 0.347. The number of rotatable bonds is 3. The van der Waals surface area contributed by atoms with E-state index in [0.717, 1.165) is 0 Å². The van der Waals surface area contributed by atoms with Crippen LogP contribution in [-0.2, 0) is 0 Å². The maximum atomic E-state index is 3.86. The van der Waals surface area contributed by atoms with Crippen molar-refractivity contribution in [1.82, 2.24) is 0 Å². The van der Waals surface area contributed by atoms with Gasteiger partial charge in [-0.15, -0.1) is 6.58 Å². The van der Waals surface area contributed by atoms with Crippen LogP contribution < -0.4 is 0 Å². The molecule has 0 saturated carbocycles. The van der Waals surface area contributed by atoms with E-state index < -0.39 is 0 Å². The second-order valence-corrected chi connectivity index (χ2v) is 3.63. The molecule has 0 fully saturated rings. The Morgan fingerprint density at radius 3 is 2.43 bits per heavy atom. The average Bonchev–Trinajstić information content (AvgIpc) is 2.19. The fourth-order valence-corrected chi connectivity index (χ4v) is 1.51. The largest absolute Gasteiger partial charge is 0.102 e. The molecule has 0 N–H and O–H groups in total. The van der Waals surface area contributed by atoms with E-state index in [0.29, 0.717) is 5.92 Å². The zero-order valence-electron chi connectivity index (χ0n) is 9.25. The third-order valence-corrected chi connectivity index (χ3v) is 2.57. The molecule has 14 heavy (non-hydrogen) atoms. The minimum absolute atomic E-state index is 0.347. The average molecular weight is 186 g/mol. The van der Waals surface area contributed by atoms with Crippen molar-refractivity contribution >= 4 is 0 Å². The van der Waals surface area contributed by atoms with E-state index in [2.05, 4.69) is 50.8 Å². The molecule has 0 nitrogen and oxygen atoms in total. The van der Waals surface area contributed by atoms with Crippen molar-refractivity contribution in [2.24, 2.45) is 0 Å². The van der Waals surface area contributed by atoms with E-state index in [4.69, 9.17) is 0 Å². The van der Waals surface area contributed by atoms with Gasteiger partial charge in [-0.1, -0.05) is 36.4 Å². The molecule has 0 aliphatic carbocycles. The normalized spacial score (nSPS) is 13.1. The van der Waals surface area contributed by atoms with Crippen molar-refractivity contribution in [2.45, 2.75) is 26.7 Å². The molecule has 0 aliphatic rings. The maximum Gasteiger partial charge on any atom is 0.0196 e. The summed E-state index contributed by atoms with van der Waals surface area (Å²) in [5, 5.41) is 0. The Kier molecular flexibility index (Phi) is 3.70. The molecule has 1 aromatic carbocycles. The SMILES string of the molecule is C=CC(C=CC)c1ccc(C)c(C)c1. The molecule has 0 heterocycles. The Bertz CT molecular complexity index is 345. The van der Waals surface area contributed by atoms with Gasteiger partial charge in [0.2, 0.25) is 0 Å². The Morgan fingerprint density at radius 1 is 1.21 bits per heavy atom. The molecule has 0 bridgehead atoms. The minimum atomic E-state index is 0.347. The molecule has 1 atom stereocenters. The molecule has 74 valence electrons. The lowest BCUT2D eigenvalue weighted by molar-refractivity contribution is 1.07. The topological polar surface area (TPSA) is 0 Å². The van der Waals surface area contributed by atoms with Gasteiger partial charge in [-0.2, -0.15) is 0 Å². The molecule has 0 radical (unpaired) electrons. The van der Waals surface area contributed by atoms with E-state index in [1.165, 1.54) is 16.7 Å². The highest BCUT2D eigenvalue weighted by atomic mass is 14.1. The zero-order chi connectivity index (χ0) is 10.6. The van der Waals surface area contributed by atoms with Crippen LogP contribution in [-0.4, -0.2) is 0 Å². The van der Waals surface area contributed by atoms with Gasteiger partial charge >= 0.3 is 0 Å². The Balaban J connectivity index is 3.05. The monoisotopic (exact) mass is 186 g/mol. The number of benzene rings is 1. The van der Waals surface area contributed by atoms with Gasteiger partial charge in [0.05, 0.1) is 0 Å². The second-order valence-electron chi connectivity index (χ2n) is 3.63. The van der Waals surface area contributed by atoms with Gasteiger partial charge in [-0.05, 0) is 37.5 Å². The lowest BCUT2D eigenvalue weighted by Gasteiger charge is -2.10. The Labute approximate surface area is 87.0 Å². The van der Waals surface area contributed by atoms with Crippen LogP contribution >= 0.6 is 0 Å². The molecule has 0 saturated heterocycles. The van der Waals surface area contributed by atoms with E-state index >= 15 is 0 Å². The first kappa shape index (κ1) is 10.8. The summed E-state index contributed by atoms with van der Waals surface area (Å²) in [5.41, 5.74) is 4.01. The smallest absolute Gasteiger partial charge is 0.0196 e. The van der Waals surface area contributed by atoms with E-state index in [1.807, 2.05) is 13.0 Å². The first-order valence-corrected chi connectivity index (χ1v) is 5.01. The van der Waals surface area contributed by atoms with Crippen LogP contribution in [0.25, 0.3) is 0 Å². The van der Waals surface area contributed by atoms with Gasteiger partial charge in [-0.3, -0.25) is 0 Å². The van der Waals surface area contributed by atoms with Crippen molar-refractivity contribution in [3.8, 4) is 0 Å². The summed E-state index contributed by atoms with van der Waals surface area (Å²) in [6.45, 7) is 10.2. The highest BCUT2D eigenvalue weighted by Gasteiger charge is 2.03. The van der Waals surface area contributed by atoms with Crippen LogP contribution in [0.4, 0.5) is 0 Å². The molecule has 1 aromatic rings. The fraction of sp³-hybridized carbons (Fsp3) is 0.286. The van der Waals surface area contributed by atoms with Gasteiger partial charge in [0.1, 0.15) is 0 Å². The number of hydrogen-bond donors (Lipinski definition) is 0. The first-order valence-electron chi connectivity index (χ1n) is 5.01. The lowest BCUT2D eigenvalue weighted by Crippen LogP contribution is -1.92. The van der Waals surface area contributed by atoms with Gasteiger partial charge in [-0.25, -0.2) is 0 Å². The van der Waals surface area contributed by atoms with Gasteiger partial charge < -0.3 is 0 Å². The van der Waals surface area contributed by atoms with E-state index in [-0.39, 0.29) is 0 Å². The Morgan fingerprint density at radius 2 is 1.93 bits per heavy atom. The highest BCUT2D eigenvalue weighted by Crippen LogP contribution is 2.21. The summed E-state index contributed by atoms with van der Waals surface area (Å²) in [6.07, 6.45) is 6.21. The third kappa shape index (κ3) is 2.35. The summed E-state index contributed by atoms with van der Waals surface area (Å²) in [4.78, 5) is 0. The molecular formula is C14H18. The Hall–Kier alpha value is -1.30. The van der Waals surface area contributed by atoms with Crippen LogP contribution in [0.15, 0.2) is 43.0 Å². The molecule has 1 unspecified atom stereocenters. The summed E-state index contributed by atoms with van der Waals surface area (Å²) < 4.78 is 0. The van der Waals surface area contributed by atoms with Crippen molar-refractivity contribution in [3.05, 3.63) is 59.7 Å². The number of allylic oxidation sites excluding steroid dienone is 3. The summed E-state index contributed by atoms with van der Waals surface area (Å²) >= 11 is 0. The quantitative estimate of drug-likeness (QED) is 0.622. The third-order valence-electron chi connectivity index (χ3n) is 2.57. The molecule has 0 aromatic heterocycles. The van der Waals surface area contributed by atoms with Crippen LogP contribution in [0.2, 0.25) is 0 Å². The van der Waals surface area contributed by atoms with Crippen molar-refractivity contribution in [3.63, 3.8) is 0 Å². The molecule has 0 spiro atoms. The van der Waals surface area contributed by atoms with Gasteiger partial charge in [0.25, 0.3) is 0 Å². The van der Waals surface area contributed by atoms with Crippen LogP contribution in [0.3, 0.4) is 0 Å². The van der Waals surface area contributed by atoms with Crippen LogP contribution in [0, 0.1) is 13.8 Å². The van der Waals surface area contributed by atoms with Crippen LogP contribution in [0.5, 0.6) is 0 Å². The molecule has 0 aliphatic heterocycles. The van der Waals surface area contributed by atoms with Crippen molar-refractivity contribution < 1.29 is 0 Å². The van der Waals surface area contributed by atoms with Crippen molar-refractivity contribution in [2.75, 3.05) is 0 Å². The second kappa shape index (κ2) is 4.80. The predicted octanol–water partition coefficient (Wildman–Crippen LogP) is 4.15. The molecule has 1 rings (SSSR count). The van der Waals surface area contributed by atoms with Gasteiger partial charge in [0, 0.05) is 5.92 Å². The summed E-state index contributed by atoms with van der Waals surface area (Å²) in [6, 6.07) is 6.58. The van der Waals surface area contributed by atoms with E-state index in [9.17, 15) is 0 Å². The van der Waals surface area contributed by atoms with Crippen LogP contribution in [0.1, 0.15) is 29.5 Å². The molecule has 0 amide bonds. The molecule has 0 heteroatoms. The van der Waals surface area contributed by atoms with Gasteiger partial charge in [0.15, 0.2) is 0 Å². The highest BCUT2D eigenvalue weighted by molar-refractivity contribution is 5.35.